The van der Waals surface area contributed by atoms with Crippen LogP contribution in [-0.4, -0.2) is 39.2 Å². The summed E-state index contributed by atoms with van der Waals surface area (Å²) in [6.45, 7) is 18.0. The highest BCUT2D eigenvalue weighted by Gasteiger charge is 2.34. The Bertz CT molecular complexity index is 741. The lowest BCUT2D eigenvalue weighted by Gasteiger charge is -2.28. The zero-order valence-electron chi connectivity index (χ0n) is 27.2. The fourth-order valence-corrected chi connectivity index (χ4v) is 11.8. The molecule has 0 saturated heterocycles. The molecule has 2 unspecified atom stereocenters. The summed E-state index contributed by atoms with van der Waals surface area (Å²) in [6.07, 6.45) is 23.1. The van der Waals surface area contributed by atoms with Crippen LogP contribution in [-0.2, 0) is 14.3 Å². The Kier molecular flexibility index (Phi) is 22.9. The van der Waals surface area contributed by atoms with Gasteiger partial charge in [0.2, 0.25) is 0 Å². The normalized spacial score (nSPS) is 13.7. The maximum atomic E-state index is 12.1. The lowest BCUT2D eigenvalue weighted by molar-refractivity contribution is 0.212. The lowest BCUT2D eigenvalue weighted by atomic mass is 9.93. The smallest absolute Gasteiger partial charge is 0.263 e. The van der Waals surface area contributed by atoms with E-state index in [2.05, 4.69) is 48.5 Å². The molecule has 0 bridgehead atoms. The Morgan fingerprint density at radius 3 is 1.51 bits per heavy atom. The summed E-state index contributed by atoms with van der Waals surface area (Å²) >= 11 is 0. The first-order valence-corrected chi connectivity index (χ1v) is 20.3. The highest BCUT2D eigenvalue weighted by Crippen LogP contribution is 2.61. The minimum absolute atomic E-state index is 0.229. The van der Waals surface area contributed by atoms with E-state index in [9.17, 15) is 8.42 Å². The summed E-state index contributed by atoms with van der Waals surface area (Å²) in [7, 11) is -4.19. The monoisotopic (exact) mass is 585 g/mol. The number of rotatable bonds is 22. The van der Waals surface area contributed by atoms with Gasteiger partial charge in [0.15, 0.2) is 0 Å². The molecule has 5 heteroatoms. The summed E-state index contributed by atoms with van der Waals surface area (Å²) < 4.78 is 29.4. The van der Waals surface area contributed by atoms with E-state index in [-0.39, 0.29) is 11.0 Å². The van der Waals surface area contributed by atoms with Crippen molar-refractivity contribution in [3.05, 3.63) is 30.3 Å². The molecule has 0 radical (unpaired) electrons. The van der Waals surface area contributed by atoms with E-state index in [1.165, 1.54) is 64.2 Å². The molecule has 0 fully saturated rings. The second kappa shape index (κ2) is 23.2. The van der Waals surface area contributed by atoms with Gasteiger partial charge in [0.25, 0.3) is 10.1 Å². The first-order valence-electron chi connectivity index (χ1n) is 16.4. The molecule has 0 saturated carbocycles. The fraction of sp³-hybridized carbons (Fsp3) is 0.824. The van der Waals surface area contributed by atoms with Crippen LogP contribution in [0.15, 0.2) is 35.2 Å². The highest BCUT2D eigenvalue weighted by atomic mass is 32.2. The molecule has 1 rings (SSSR count). The van der Waals surface area contributed by atoms with Gasteiger partial charge in [0, 0.05) is 7.26 Å². The van der Waals surface area contributed by atoms with E-state index in [0.29, 0.717) is 0 Å². The number of hydrogen-bond acceptors (Lipinski definition) is 3. The van der Waals surface area contributed by atoms with E-state index in [0.717, 1.165) is 31.1 Å². The molecule has 0 aromatic heterocycles. The average molecular weight is 586 g/mol. The van der Waals surface area contributed by atoms with E-state index in [1.807, 2.05) is 6.92 Å². The van der Waals surface area contributed by atoms with Crippen LogP contribution in [0.4, 0.5) is 0 Å². The number of unbranched alkanes of at least 4 members (excludes halogenated alkanes) is 5. The predicted molar refractivity (Wildman–Crippen MR) is 177 cm³/mol. The van der Waals surface area contributed by atoms with Crippen molar-refractivity contribution >= 4 is 17.4 Å². The Labute approximate surface area is 246 Å². The van der Waals surface area contributed by atoms with Gasteiger partial charge < -0.3 is 0 Å². The van der Waals surface area contributed by atoms with Crippen molar-refractivity contribution in [2.45, 2.75) is 150 Å². The van der Waals surface area contributed by atoms with Crippen molar-refractivity contribution in [3.63, 3.8) is 0 Å². The topological polar surface area (TPSA) is 43.4 Å². The van der Waals surface area contributed by atoms with E-state index in [1.54, 1.807) is 55.0 Å². The molecule has 0 N–H and O–H groups in total. The van der Waals surface area contributed by atoms with Crippen LogP contribution in [0.2, 0.25) is 0 Å². The molecule has 0 spiro atoms. The van der Waals surface area contributed by atoms with Gasteiger partial charge in [-0.3, -0.25) is 4.18 Å². The third kappa shape index (κ3) is 19.3. The summed E-state index contributed by atoms with van der Waals surface area (Å²) in [5.41, 5.74) is 0. The molecule has 0 aliphatic carbocycles. The molecule has 3 nitrogen and oxygen atoms in total. The largest absolute Gasteiger partial charge is 0.297 e. The number of benzene rings is 1. The Morgan fingerprint density at radius 1 is 0.667 bits per heavy atom. The van der Waals surface area contributed by atoms with E-state index in [4.69, 9.17) is 4.18 Å². The maximum absolute atomic E-state index is 12.1. The van der Waals surface area contributed by atoms with E-state index >= 15 is 0 Å². The quantitative estimate of drug-likeness (QED) is 0.0772. The maximum Gasteiger partial charge on any atom is 0.297 e. The van der Waals surface area contributed by atoms with Crippen molar-refractivity contribution in [3.8, 4) is 0 Å². The highest BCUT2D eigenvalue weighted by molar-refractivity contribution is 7.86. The molecule has 0 heterocycles. The first-order chi connectivity index (χ1) is 18.6. The lowest BCUT2D eigenvalue weighted by Crippen LogP contribution is -2.15. The molecular weight excluding hydrogens is 519 g/mol. The molecule has 1 aromatic carbocycles. The fourth-order valence-electron chi connectivity index (χ4n) is 5.40. The predicted octanol–water partition coefficient (Wildman–Crippen LogP) is 11.2. The van der Waals surface area contributed by atoms with Gasteiger partial charge in [-0.2, -0.15) is 8.42 Å². The van der Waals surface area contributed by atoms with Crippen molar-refractivity contribution in [1.29, 1.82) is 0 Å². The van der Waals surface area contributed by atoms with Crippen molar-refractivity contribution < 1.29 is 12.6 Å². The Hall–Kier alpha value is -0.440. The second-order valence-corrected chi connectivity index (χ2v) is 18.4. The van der Waals surface area contributed by atoms with Gasteiger partial charge in [0.05, 0.1) is 35.6 Å². The number of hydrogen-bond donors (Lipinski definition) is 0. The van der Waals surface area contributed by atoms with Crippen LogP contribution in [0, 0.1) is 11.8 Å². The van der Waals surface area contributed by atoms with Crippen molar-refractivity contribution in [2.75, 3.05) is 24.6 Å². The Morgan fingerprint density at radius 2 is 1.10 bits per heavy atom. The van der Waals surface area contributed by atoms with Gasteiger partial charge in [-0.15, -0.1) is 0 Å². The van der Waals surface area contributed by atoms with Crippen LogP contribution in [0.5, 0.6) is 0 Å². The van der Waals surface area contributed by atoms with Crippen LogP contribution >= 0.6 is 7.26 Å². The van der Waals surface area contributed by atoms with Crippen LogP contribution in [0.1, 0.15) is 139 Å². The second-order valence-electron chi connectivity index (χ2n) is 12.3. The van der Waals surface area contributed by atoms with Crippen molar-refractivity contribution in [2.24, 2.45) is 11.8 Å². The van der Waals surface area contributed by atoms with Gasteiger partial charge in [-0.25, -0.2) is 0 Å². The minimum Gasteiger partial charge on any atom is -0.263 e. The molecule has 2 atom stereocenters. The molecule has 230 valence electrons. The minimum atomic E-state index is -3.63. The SMILES string of the molecule is CC(C)CC(C)CCCCC(C)OS(=O)(=O)c1ccccc1.CCCC[P+](CCCC)(CCCC)CCCC. The van der Waals surface area contributed by atoms with Gasteiger partial charge >= 0.3 is 0 Å². The third-order valence-corrected chi connectivity index (χ3v) is 14.2. The molecular formula is C34H66O3PS+. The van der Waals surface area contributed by atoms with Crippen molar-refractivity contribution in [1.82, 2.24) is 0 Å². The Balaban J connectivity index is 0.000000768. The van der Waals surface area contributed by atoms with Gasteiger partial charge in [0.1, 0.15) is 0 Å². The summed E-state index contributed by atoms with van der Waals surface area (Å²) in [5.74, 6) is 1.48. The molecule has 1 aromatic rings. The summed E-state index contributed by atoms with van der Waals surface area (Å²) in [4.78, 5) is 0.229. The van der Waals surface area contributed by atoms with Crippen LogP contribution in [0.25, 0.3) is 0 Å². The molecule has 0 amide bonds. The molecule has 0 aliphatic rings. The third-order valence-electron chi connectivity index (χ3n) is 7.70. The van der Waals surface area contributed by atoms with Crippen LogP contribution < -0.4 is 0 Å². The summed E-state index contributed by atoms with van der Waals surface area (Å²) in [6, 6.07) is 8.33. The molecule has 0 aliphatic heterocycles. The zero-order valence-corrected chi connectivity index (χ0v) is 28.9. The van der Waals surface area contributed by atoms with Gasteiger partial charge in [-0.1, -0.05) is 112 Å². The average Bonchev–Trinajstić information content (AvgIpc) is 2.90. The zero-order chi connectivity index (χ0) is 29.6. The first kappa shape index (κ1) is 38.6. The molecule has 39 heavy (non-hydrogen) atoms. The standard InChI is InChI=1S/C18H30O3S.C16H36P/c1-15(2)14-16(3)10-8-9-11-17(4)21-22(19,20)18-12-6-5-7-13-18;1-5-9-13-17(14-10-6-2,15-11-7-3)16-12-8-4/h5-7,12-13,15-17H,8-11,14H2,1-4H3;5-16H2,1-4H3/q;+1. The van der Waals surface area contributed by atoms with E-state index < -0.39 is 17.4 Å². The summed E-state index contributed by atoms with van der Waals surface area (Å²) in [5, 5.41) is 0. The van der Waals surface area contributed by atoms with Crippen LogP contribution in [0.3, 0.4) is 0 Å². The van der Waals surface area contributed by atoms with Gasteiger partial charge in [-0.05, 0) is 69.4 Å².